The molecule has 6 heteroatoms. The zero-order valence-corrected chi connectivity index (χ0v) is 15.7. The van der Waals surface area contributed by atoms with Gasteiger partial charge in [0, 0.05) is 51.6 Å². The maximum absolute atomic E-state index is 12.7. The number of urea groups is 1. The first kappa shape index (κ1) is 17.4. The van der Waals surface area contributed by atoms with Crippen molar-refractivity contribution in [1.82, 2.24) is 14.7 Å². The number of nitrogens with zero attached hydrogens (tertiary/aromatic N) is 3. The smallest absolute Gasteiger partial charge is 0.320 e. The molecule has 3 saturated heterocycles. The first-order valence-electron chi connectivity index (χ1n) is 10.0. The van der Waals surface area contributed by atoms with E-state index in [9.17, 15) is 9.59 Å². The highest BCUT2D eigenvalue weighted by atomic mass is 16.3. The zero-order chi connectivity index (χ0) is 18.1. The van der Waals surface area contributed by atoms with E-state index in [2.05, 4.69) is 4.90 Å². The summed E-state index contributed by atoms with van der Waals surface area (Å²) in [5.41, 5.74) is 0. The number of hydrogen-bond donors (Lipinski definition) is 0. The van der Waals surface area contributed by atoms with Crippen LogP contribution in [0, 0.1) is 12.8 Å². The van der Waals surface area contributed by atoms with Crippen molar-refractivity contribution < 1.29 is 14.0 Å². The number of furan rings is 1. The number of likely N-dealkylation sites (tertiary alicyclic amines) is 3. The zero-order valence-electron chi connectivity index (χ0n) is 15.7. The van der Waals surface area contributed by atoms with E-state index >= 15 is 0 Å². The van der Waals surface area contributed by atoms with Crippen LogP contribution in [0.2, 0.25) is 0 Å². The first-order chi connectivity index (χ1) is 12.6. The van der Waals surface area contributed by atoms with Crippen molar-refractivity contribution in [2.75, 3.05) is 32.7 Å². The lowest BCUT2D eigenvalue weighted by atomic mass is 9.83. The van der Waals surface area contributed by atoms with E-state index in [1.807, 2.05) is 28.9 Å². The van der Waals surface area contributed by atoms with Crippen molar-refractivity contribution in [3.8, 4) is 0 Å². The van der Waals surface area contributed by atoms with E-state index in [0.717, 1.165) is 69.8 Å². The molecule has 26 heavy (non-hydrogen) atoms. The Morgan fingerprint density at radius 3 is 2.69 bits per heavy atom. The van der Waals surface area contributed by atoms with Gasteiger partial charge < -0.3 is 19.1 Å². The third kappa shape index (κ3) is 3.46. The Labute approximate surface area is 155 Å². The number of rotatable bonds is 3. The maximum atomic E-state index is 12.7. The van der Waals surface area contributed by atoms with Crippen molar-refractivity contribution in [2.24, 2.45) is 5.92 Å². The molecule has 0 radical (unpaired) electrons. The second-order valence-electron chi connectivity index (χ2n) is 7.93. The number of hydrogen-bond acceptors (Lipinski definition) is 3. The summed E-state index contributed by atoms with van der Waals surface area (Å²) >= 11 is 0. The number of aryl methyl sites for hydroxylation is 1. The van der Waals surface area contributed by atoms with E-state index in [0.29, 0.717) is 18.9 Å². The summed E-state index contributed by atoms with van der Waals surface area (Å²) in [5, 5.41) is 0. The Hall–Kier alpha value is -1.98. The van der Waals surface area contributed by atoms with E-state index in [4.69, 9.17) is 4.42 Å². The molecule has 4 rings (SSSR count). The van der Waals surface area contributed by atoms with Crippen molar-refractivity contribution >= 4 is 11.9 Å². The van der Waals surface area contributed by atoms with Crippen LogP contribution in [0.4, 0.5) is 4.79 Å². The van der Waals surface area contributed by atoms with Crippen molar-refractivity contribution in [3.05, 3.63) is 23.7 Å². The van der Waals surface area contributed by atoms with Crippen LogP contribution in [0.1, 0.15) is 43.6 Å². The number of piperidine rings is 2. The van der Waals surface area contributed by atoms with Crippen LogP contribution in [-0.2, 0) is 11.2 Å². The number of amides is 3. The fourth-order valence-electron chi connectivity index (χ4n) is 4.77. The topological polar surface area (TPSA) is 57.0 Å². The molecular weight excluding hydrogens is 330 g/mol. The fraction of sp³-hybridized carbons (Fsp3) is 0.700. The Bertz CT molecular complexity index is 665. The Balaban J connectivity index is 1.37. The Morgan fingerprint density at radius 1 is 1.15 bits per heavy atom. The van der Waals surface area contributed by atoms with Crippen LogP contribution in [0.3, 0.4) is 0 Å². The van der Waals surface area contributed by atoms with Gasteiger partial charge in [0.1, 0.15) is 11.5 Å². The van der Waals surface area contributed by atoms with Gasteiger partial charge in [0.05, 0.1) is 0 Å². The summed E-state index contributed by atoms with van der Waals surface area (Å²) in [5.74, 6) is 2.52. The van der Waals surface area contributed by atoms with Crippen molar-refractivity contribution in [3.63, 3.8) is 0 Å². The predicted octanol–water partition coefficient (Wildman–Crippen LogP) is 2.66. The average molecular weight is 359 g/mol. The normalized spacial score (nSPS) is 26.3. The molecule has 142 valence electrons. The second-order valence-corrected chi connectivity index (χ2v) is 7.93. The Morgan fingerprint density at radius 2 is 1.96 bits per heavy atom. The molecule has 2 atom stereocenters. The molecule has 0 unspecified atom stereocenters. The van der Waals surface area contributed by atoms with E-state index in [-0.39, 0.29) is 18.0 Å². The summed E-state index contributed by atoms with van der Waals surface area (Å²) in [6, 6.07) is 4.45. The quantitative estimate of drug-likeness (QED) is 0.834. The lowest BCUT2D eigenvalue weighted by Crippen LogP contribution is -2.58. The van der Waals surface area contributed by atoms with Crippen LogP contribution in [0.15, 0.2) is 16.5 Å². The third-order valence-electron chi connectivity index (χ3n) is 6.19. The SMILES string of the molecule is Cc1ccc(CCN2C(=O)CC[C@H]3CN(C(=O)N4CCCC4)CC[C@H]32)o1. The lowest BCUT2D eigenvalue weighted by Gasteiger charge is -2.47. The van der Waals surface area contributed by atoms with Crippen LogP contribution in [-0.4, -0.2) is 65.4 Å². The van der Waals surface area contributed by atoms with Gasteiger partial charge in [-0.1, -0.05) is 0 Å². The highest BCUT2D eigenvalue weighted by molar-refractivity contribution is 5.78. The van der Waals surface area contributed by atoms with Gasteiger partial charge in [0.2, 0.25) is 5.91 Å². The van der Waals surface area contributed by atoms with Crippen LogP contribution >= 0.6 is 0 Å². The monoisotopic (exact) mass is 359 g/mol. The number of carbonyl (C=O) groups is 2. The minimum Gasteiger partial charge on any atom is -0.466 e. The average Bonchev–Trinajstić information content (AvgIpc) is 3.32. The van der Waals surface area contributed by atoms with Gasteiger partial charge >= 0.3 is 6.03 Å². The standard InChI is InChI=1S/C20H29N3O3/c1-15-4-6-17(26-15)8-13-23-18-9-12-22(14-16(18)5-7-19(23)24)20(25)21-10-2-3-11-21/h4,6,16,18H,2-3,5,7-14H2,1H3/t16-,18+/m0/s1. The molecule has 4 heterocycles. The molecule has 3 aliphatic heterocycles. The summed E-state index contributed by atoms with van der Waals surface area (Å²) in [4.78, 5) is 31.3. The summed E-state index contributed by atoms with van der Waals surface area (Å²) in [6.07, 6.45) is 5.42. The van der Waals surface area contributed by atoms with Gasteiger partial charge in [-0.3, -0.25) is 4.79 Å². The van der Waals surface area contributed by atoms with Gasteiger partial charge in [-0.05, 0) is 50.7 Å². The summed E-state index contributed by atoms with van der Waals surface area (Å²) in [7, 11) is 0. The largest absolute Gasteiger partial charge is 0.466 e. The Kier molecular flexibility index (Phi) is 4.92. The van der Waals surface area contributed by atoms with Gasteiger partial charge in [0.15, 0.2) is 0 Å². The molecule has 0 N–H and O–H groups in total. The first-order valence-corrected chi connectivity index (χ1v) is 10.0. The van der Waals surface area contributed by atoms with Gasteiger partial charge in [-0.15, -0.1) is 0 Å². The third-order valence-corrected chi connectivity index (χ3v) is 6.19. The highest BCUT2D eigenvalue weighted by Crippen LogP contribution is 2.32. The van der Waals surface area contributed by atoms with Crippen molar-refractivity contribution in [2.45, 2.75) is 51.5 Å². The minimum absolute atomic E-state index is 0.204. The number of fused-ring (bicyclic) bond motifs is 1. The molecule has 0 saturated carbocycles. The lowest BCUT2D eigenvalue weighted by molar-refractivity contribution is -0.140. The molecule has 3 amide bonds. The summed E-state index contributed by atoms with van der Waals surface area (Å²) in [6.45, 7) is 6.02. The molecule has 6 nitrogen and oxygen atoms in total. The molecule has 1 aromatic rings. The molecule has 0 bridgehead atoms. The summed E-state index contributed by atoms with van der Waals surface area (Å²) < 4.78 is 5.65. The molecule has 1 aromatic heterocycles. The van der Waals surface area contributed by atoms with E-state index < -0.39 is 0 Å². The van der Waals surface area contributed by atoms with Crippen molar-refractivity contribution in [1.29, 1.82) is 0 Å². The maximum Gasteiger partial charge on any atom is 0.320 e. The fourth-order valence-corrected chi connectivity index (χ4v) is 4.77. The minimum atomic E-state index is 0.204. The van der Waals surface area contributed by atoms with Crippen LogP contribution in [0.25, 0.3) is 0 Å². The van der Waals surface area contributed by atoms with Gasteiger partial charge in [-0.2, -0.15) is 0 Å². The van der Waals surface area contributed by atoms with Crippen LogP contribution < -0.4 is 0 Å². The molecule has 3 aliphatic rings. The molecule has 3 fully saturated rings. The second kappa shape index (κ2) is 7.33. The number of carbonyl (C=O) groups excluding carboxylic acids is 2. The molecule has 0 spiro atoms. The van der Waals surface area contributed by atoms with E-state index in [1.54, 1.807) is 0 Å². The molecular formula is C20H29N3O3. The van der Waals surface area contributed by atoms with Crippen LogP contribution in [0.5, 0.6) is 0 Å². The predicted molar refractivity (Wildman–Crippen MR) is 97.8 cm³/mol. The molecule has 0 aromatic carbocycles. The van der Waals surface area contributed by atoms with Gasteiger partial charge in [0.25, 0.3) is 0 Å². The molecule has 0 aliphatic carbocycles. The van der Waals surface area contributed by atoms with E-state index in [1.165, 1.54) is 0 Å². The highest BCUT2D eigenvalue weighted by Gasteiger charge is 2.41. The van der Waals surface area contributed by atoms with Gasteiger partial charge in [-0.25, -0.2) is 4.79 Å².